The summed E-state index contributed by atoms with van der Waals surface area (Å²) in [5, 5.41) is 4.83. The minimum atomic E-state index is -0.367. The van der Waals surface area contributed by atoms with Crippen LogP contribution in [-0.4, -0.2) is 16.1 Å². The molecule has 0 saturated heterocycles. The van der Waals surface area contributed by atoms with E-state index in [1.807, 2.05) is 18.2 Å². The fourth-order valence-electron chi connectivity index (χ4n) is 2.20. The van der Waals surface area contributed by atoms with Crippen molar-refractivity contribution in [2.45, 2.75) is 13.5 Å². The molecule has 0 bridgehead atoms. The third kappa shape index (κ3) is 2.28. The summed E-state index contributed by atoms with van der Waals surface area (Å²) >= 11 is 3.13. The molecule has 0 radical (unpaired) electrons. The molecule has 3 aromatic heterocycles. The third-order valence-corrected chi connectivity index (χ3v) is 5.54. The maximum Gasteiger partial charge on any atom is 0.348 e. The van der Waals surface area contributed by atoms with E-state index in [1.165, 1.54) is 21.4 Å². The van der Waals surface area contributed by atoms with Crippen LogP contribution in [0.4, 0.5) is 0 Å². The van der Waals surface area contributed by atoms with Crippen LogP contribution in [0.25, 0.3) is 19.5 Å². The molecule has 0 N–H and O–H groups in total. The largest absolute Gasteiger partial charge is 0.451 e. The zero-order valence-electron chi connectivity index (χ0n) is 11.5. The second-order valence-corrected chi connectivity index (χ2v) is 6.85. The monoisotopic (exact) mass is 330 g/mol. The van der Waals surface area contributed by atoms with Gasteiger partial charge in [0.2, 0.25) is 0 Å². The summed E-state index contributed by atoms with van der Waals surface area (Å²) in [4.78, 5) is 16.7. The number of nitrogens with zero attached hydrogens (tertiary/aromatic N) is 2. The molecule has 3 heterocycles. The van der Waals surface area contributed by atoms with Crippen LogP contribution in [0, 0.1) is 6.92 Å². The summed E-state index contributed by atoms with van der Waals surface area (Å²) < 4.78 is 13.6. The van der Waals surface area contributed by atoms with Crippen molar-refractivity contribution in [3.05, 3.63) is 46.9 Å². The lowest BCUT2D eigenvalue weighted by atomic mass is 10.2. The van der Waals surface area contributed by atoms with E-state index < -0.39 is 0 Å². The molecule has 22 heavy (non-hydrogen) atoms. The number of rotatable bonds is 3. The van der Waals surface area contributed by atoms with E-state index in [1.54, 1.807) is 18.3 Å². The highest BCUT2D eigenvalue weighted by molar-refractivity contribution is 7.33. The average Bonchev–Trinajstić information content (AvgIpc) is 3.18. The van der Waals surface area contributed by atoms with Crippen LogP contribution in [0.15, 0.2) is 34.9 Å². The third-order valence-electron chi connectivity index (χ3n) is 3.15. The molecule has 0 aliphatic rings. The minimum Gasteiger partial charge on any atom is -0.451 e. The van der Waals surface area contributed by atoms with E-state index in [0.29, 0.717) is 16.6 Å². The summed E-state index contributed by atoms with van der Waals surface area (Å²) in [5.41, 5.74) is 0. The fraction of sp³-hybridized carbons (Fsp3) is 0.133. The Morgan fingerprint density at radius 2 is 2.14 bits per heavy atom. The average molecular weight is 330 g/mol. The van der Waals surface area contributed by atoms with Crippen LogP contribution in [0.5, 0.6) is 0 Å². The summed E-state index contributed by atoms with van der Waals surface area (Å²) in [6.07, 6.45) is 0. The van der Waals surface area contributed by atoms with Crippen molar-refractivity contribution in [2.24, 2.45) is 0 Å². The quantitative estimate of drug-likeness (QED) is 0.528. The number of aryl methyl sites for hydroxylation is 1. The Hall–Kier alpha value is -2.25. The smallest absolute Gasteiger partial charge is 0.348 e. The molecule has 0 spiro atoms. The molecule has 4 aromatic rings. The molecule has 0 aliphatic heterocycles. The zero-order valence-corrected chi connectivity index (χ0v) is 13.2. The first-order valence-corrected chi connectivity index (χ1v) is 8.21. The second kappa shape index (κ2) is 5.19. The number of carbonyl (C=O) groups excluding carboxylic acids is 1. The standard InChI is InChI=1S/C15H10N2O3S2/c1-8-16-13(20-17-8)7-19-15(18)12-6-11-14(22-12)9-4-2-3-5-10(9)21-11/h2-6H,7H2,1H3. The van der Waals surface area contributed by atoms with Crippen LogP contribution in [0.3, 0.4) is 0 Å². The van der Waals surface area contributed by atoms with Crippen LogP contribution in [0.1, 0.15) is 21.4 Å². The van der Waals surface area contributed by atoms with Gasteiger partial charge in [-0.15, -0.1) is 22.7 Å². The van der Waals surface area contributed by atoms with Crippen LogP contribution in [0.2, 0.25) is 0 Å². The number of aromatic nitrogens is 2. The predicted molar refractivity (Wildman–Crippen MR) is 85.4 cm³/mol. The molecule has 0 atom stereocenters. The Labute approximate surface area is 133 Å². The Morgan fingerprint density at radius 3 is 2.95 bits per heavy atom. The fourth-order valence-corrected chi connectivity index (χ4v) is 4.62. The highest BCUT2D eigenvalue weighted by atomic mass is 32.1. The van der Waals surface area contributed by atoms with Gasteiger partial charge in [0.15, 0.2) is 12.4 Å². The van der Waals surface area contributed by atoms with Gasteiger partial charge >= 0.3 is 5.97 Å². The summed E-state index contributed by atoms with van der Waals surface area (Å²) in [6.45, 7) is 1.71. The second-order valence-electron chi connectivity index (χ2n) is 4.71. The van der Waals surface area contributed by atoms with Crippen molar-refractivity contribution in [2.75, 3.05) is 0 Å². The highest BCUT2D eigenvalue weighted by Gasteiger charge is 2.16. The molecular weight excluding hydrogens is 320 g/mol. The van der Waals surface area contributed by atoms with Gasteiger partial charge in [0.1, 0.15) is 4.88 Å². The Kier molecular flexibility index (Phi) is 3.16. The molecule has 4 rings (SSSR count). The van der Waals surface area contributed by atoms with E-state index in [2.05, 4.69) is 22.3 Å². The van der Waals surface area contributed by atoms with Gasteiger partial charge in [0, 0.05) is 14.8 Å². The van der Waals surface area contributed by atoms with Gasteiger partial charge in [0.25, 0.3) is 5.89 Å². The van der Waals surface area contributed by atoms with Gasteiger partial charge < -0.3 is 9.26 Å². The van der Waals surface area contributed by atoms with Gasteiger partial charge in [-0.2, -0.15) is 4.98 Å². The Bertz CT molecular complexity index is 983. The molecule has 110 valence electrons. The molecule has 0 unspecified atom stereocenters. The summed E-state index contributed by atoms with van der Waals surface area (Å²) in [6, 6.07) is 10.1. The number of thiophene rings is 2. The van der Waals surface area contributed by atoms with Crippen molar-refractivity contribution >= 4 is 48.1 Å². The molecule has 5 nitrogen and oxygen atoms in total. The van der Waals surface area contributed by atoms with Crippen molar-refractivity contribution in [1.82, 2.24) is 10.1 Å². The molecule has 0 amide bonds. The molecule has 7 heteroatoms. The number of esters is 1. The van der Waals surface area contributed by atoms with E-state index in [0.717, 1.165) is 9.40 Å². The maximum atomic E-state index is 12.1. The lowest BCUT2D eigenvalue weighted by Gasteiger charge is -1.98. The van der Waals surface area contributed by atoms with Crippen molar-refractivity contribution in [1.29, 1.82) is 0 Å². The molecule has 0 fully saturated rings. The first-order chi connectivity index (χ1) is 10.7. The van der Waals surface area contributed by atoms with Gasteiger partial charge in [-0.25, -0.2) is 4.79 Å². The molecule has 1 aromatic carbocycles. The van der Waals surface area contributed by atoms with Gasteiger partial charge in [-0.05, 0) is 19.1 Å². The zero-order chi connectivity index (χ0) is 15.1. The lowest BCUT2D eigenvalue weighted by molar-refractivity contribution is 0.0435. The molecular formula is C15H10N2O3S2. The number of hydrogen-bond acceptors (Lipinski definition) is 7. The first-order valence-electron chi connectivity index (χ1n) is 6.58. The minimum absolute atomic E-state index is 0.00797. The van der Waals surface area contributed by atoms with Gasteiger partial charge in [-0.1, -0.05) is 23.4 Å². The van der Waals surface area contributed by atoms with Gasteiger partial charge in [0.05, 0.1) is 4.70 Å². The number of benzene rings is 1. The normalized spacial score (nSPS) is 11.3. The van der Waals surface area contributed by atoms with Crippen molar-refractivity contribution in [3.63, 3.8) is 0 Å². The van der Waals surface area contributed by atoms with Crippen LogP contribution >= 0.6 is 22.7 Å². The number of hydrogen-bond donors (Lipinski definition) is 0. The number of carbonyl (C=O) groups is 1. The van der Waals surface area contributed by atoms with E-state index >= 15 is 0 Å². The lowest BCUT2D eigenvalue weighted by Crippen LogP contribution is -2.03. The van der Waals surface area contributed by atoms with E-state index in [4.69, 9.17) is 9.26 Å². The number of fused-ring (bicyclic) bond motifs is 3. The molecule has 0 saturated carbocycles. The van der Waals surface area contributed by atoms with Crippen molar-refractivity contribution in [3.8, 4) is 0 Å². The first kappa shape index (κ1) is 13.4. The Balaban J connectivity index is 1.59. The summed E-state index contributed by atoms with van der Waals surface area (Å²) in [7, 11) is 0. The van der Waals surface area contributed by atoms with Crippen LogP contribution < -0.4 is 0 Å². The predicted octanol–water partition coefficient (Wildman–Crippen LogP) is 4.16. The topological polar surface area (TPSA) is 65.2 Å². The Morgan fingerprint density at radius 1 is 1.27 bits per heavy atom. The SMILES string of the molecule is Cc1noc(COC(=O)c2cc3sc4ccccc4c3s2)n1. The summed E-state index contributed by atoms with van der Waals surface area (Å²) in [5.74, 6) is 0.456. The highest BCUT2D eigenvalue weighted by Crippen LogP contribution is 2.39. The molecule has 0 aliphatic carbocycles. The maximum absolute atomic E-state index is 12.1. The van der Waals surface area contributed by atoms with Crippen molar-refractivity contribution < 1.29 is 14.1 Å². The number of ether oxygens (including phenoxy) is 1. The van der Waals surface area contributed by atoms with Crippen LogP contribution in [-0.2, 0) is 11.3 Å². The van der Waals surface area contributed by atoms with E-state index in [-0.39, 0.29) is 12.6 Å². The van der Waals surface area contributed by atoms with Gasteiger partial charge in [-0.3, -0.25) is 0 Å². The van der Waals surface area contributed by atoms with E-state index in [9.17, 15) is 4.79 Å².